The van der Waals surface area contributed by atoms with Gasteiger partial charge in [0, 0.05) is 0 Å². The molecule has 8 nitrogen and oxygen atoms in total. The molecule has 3 N–H and O–H groups in total. The fraction of sp³-hybridized carbons (Fsp3) is 0.368. The second-order valence-electron chi connectivity index (χ2n) is 6.38. The first kappa shape index (κ1) is 18.5. The second-order valence-corrected chi connectivity index (χ2v) is 6.38. The summed E-state index contributed by atoms with van der Waals surface area (Å²) in [4.78, 5) is 22.7. The van der Waals surface area contributed by atoms with E-state index in [4.69, 9.17) is 15.7 Å². The fourth-order valence-corrected chi connectivity index (χ4v) is 2.92. The number of benzene rings is 1. The third-order valence-corrected chi connectivity index (χ3v) is 4.44. The van der Waals surface area contributed by atoms with Crippen molar-refractivity contribution in [3.63, 3.8) is 0 Å². The van der Waals surface area contributed by atoms with Crippen molar-refractivity contribution < 1.29 is 9.53 Å². The summed E-state index contributed by atoms with van der Waals surface area (Å²) in [6, 6.07) is 9.42. The normalized spacial score (nSPS) is 14.1. The number of hydrogen-bond donors (Lipinski definition) is 2. The Morgan fingerprint density at radius 1 is 1.44 bits per heavy atom. The van der Waals surface area contributed by atoms with E-state index in [1.165, 1.54) is 0 Å². The number of anilines is 3. The van der Waals surface area contributed by atoms with Gasteiger partial charge in [-0.25, -0.2) is 0 Å². The Morgan fingerprint density at radius 3 is 3.00 bits per heavy atom. The van der Waals surface area contributed by atoms with Gasteiger partial charge >= 0.3 is 6.01 Å². The number of hydrogen-bond acceptors (Lipinski definition) is 7. The number of rotatable bonds is 6. The Bertz CT molecular complexity index is 892. The molecule has 0 fully saturated rings. The smallest absolute Gasteiger partial charge is 0.320 e. The van der Waals surface area contributed by atoms with Crippen LogP contribution in [-0.4, -0.2) is 29.0 Å². The van der Waals surface area contributed by atoms with E-state index >= 15 is 0 Å². The van der Waals surface area contributed by atoms with Crippen LogP contribution in [0.3, 0.4) is 0 Å². The molecule has 1 aromatic carbocycles. The summed E-state index contributed by atoms with van der Waals surface area (Å²) in [5.74, 6) is 0.492. The molecule has 2 aromatic rings. The van der Waals surface area contributed by atoms with Crippen molar-refractivity contribution in [3.05, 3.63) is 35.4 Å². The van der Waals surface area contributed by atoms with E-state index in [2.05, 4.69) is 28.3 Å². The largest absolute Gasteiger partial charge is 0.463 e. The van der Waals surface area contributed by atoms with Crippen molar-refractivity contribution >= 4 is 23.2 Å². The Hall–Kier alpha value is -3.34. The molecule has 1 aliphatic rings. The van der Waals surface area contributed by atoms with Crippen molar-refractivity contribution in [3.8, 4) is 12.1 Å². The van der Waals surface area contributed by atoms with Crippen LogP contribution in [0.2, 0.25) is 0 Å². The molecule has 0 spiro atoms. The average Bonchev–Trinajstić information content (AvgIpc) is 2.68. The number of fused-ring (bicyclic) bond motifs is 1. The van der Waals surface area contributed by atoms with Crippen LogP contribution >= 0.6 is 0 Å². The van der Waals surface area contributed by atoms with Crippen LogP contribution in [0.25, 0.3) is 0 Å². The lowest BCUT2D eigenvalue weighted by Gasteiger charge is -2.35. The number of aromatic nitrogens is 2. The van der Waals surface area contributed by atoms with Gasteiger partial charge in [0.25, 0.3) is 0 Å². The predicted molar refractivity (Wildman–Crippen MR) is 102 cm³/mol. The quantitative estimate of drug-likeness (QED) is 0.755. The molecule has 0 aliphatic carbocycles. The van der Waals surface area contributed by atoms with Crippen molar-refractivity contribution in [1.29, 1.82) is 5.26 Å². The number of carbonyl (C=O) groups is 1. The van der Waals surface area contributed by atoms with Gasteiger partial charge in [-0.3, -0.25) is 4.79 Å². The highest BCUT2D eigenvalue weighted by atomic mass is 16.5. The first-order valence-electron chi connectivity index (χ1n) is 8.90. The van der Waals surface area contributed by atoms with Gasteiger partial charge in [0.05, 0.1) is 30.8 Å². The van der Waals surface area contributed by atoms with Gasteiger partial charge in [0.1, 0.15) is 5.69 Å². The standard InChI is InChI=1S/C19H22N6O2/c1-3-4-8-27-19-23-17(21)16-18(24-19)25(11-15(26)22-16)12(2)14-7-5-6-13(9-14)10-20/h5-7,9,12H,3-4,8,11H2,1-2H3,(H,22,26)(H2,21,23,24). The lowest BCUT2D eigenvalue weighted by Crippen LogP contribution is -2.41. The molecule has 0 bridgehead atoms. The summed E-state index contributed by atoms with van der Waals surface area (Å²) >= 11 is 0. The Balaban J connectivity index is 1.97. The number of nitrogens with two attached hydrogens (primary N) is 1. The molecule has 3 rings (SSSR count). The van der Waals surface area contributed by atoms with E-state index in [-0.39, 0.29) is 30.3 Å². The Kier molecular flexibility index (Phi) is 5.41. The third kappa shape index (κ3) is 3.92. The molecule has 0 saturated carbocycles. The van der Waals surface area contributed by atoms with E-state index in [1.54, 1.807) is 12.1 Å². The molecule has 2 heterocycles. The highest BCUT2D eigenvalue weighted by Gasteiger charge is 2.31. The van der Waals surface area contributed by atoms with Crippen molar-refractivity contribution in [2.75, 3.05) is 29.1 Å². The summed E-state index contributed by atoms with van der Waals surface area (Å²) < 4.78 is 5.61. The minimum Gasteiger partial charge on any atom is -0.463 e. The monoisotopic (exact) mass is 366 g/mol. The summed E-state index contributed by atoms with van der Waals surface area (Å²) in [6.45, 7) is 4.64. The van der Waals surface area contributed by atoms with Gasteiger partial charge in [-0.1, -0.05) is 25.5 Å². The van der Waals surface area contributed by atoms with Crippen molar-refractivity contribution in [2.45, 2.75) is 32.7 Å². The topological polar surface area (TPSA) is 117 Å². The number of unbranched alkanes of at least 4 members (excludes halogenated alkanes) is 1. The highest BCUT2D eigenvalue weighted by Crippen LogP contribution is 2.38. The number of amides is 1. The maximum atomic E-state index is 12.2. The number of nitrogens with zero attached hydrogens (tertiary/aromatic N) is 4. The number of carbonyl (C=O) groups excluding carboxylic acids is 1. The zero-order valence-corrected chi connectivity index (χ0v) is 15.4. The number of nitriles is 1. The van der Waals surface area contributed by atoms with Gasteiger partial charge in [-0.05, 0) is 31.0 Å². The zero-order chi connectivity index (χ0) is 19.4. The van der Waals surface area contributed by atoms with Crippen LogP contribution in [0.15, 0.2) is 24.3 Å². The molecular weight excluding hydrogens is 344 g/mol. The third-order valence-electron chi connectivity index (χ3n) is 4.44. The molecule has 27 heavy (non-hydrogen) atoms. The van der Waals surface area contributed by atoms with Crippen molar-refractivity contribution in [2.24, 2.45) is 0 Å². The number of nitrogen functional groups attached to an aromatic ring is 1. The maximum Gasteiger partial charge on any atom is 0.320 e. The fourth-order valence-electron chi connectivity index (χ4n) is 2.92. The van der Waals surface area contributed by atoms with Gasteiger partial charge in [0.2, 0.25) is 5.91 Å². The molecule has 1 amide bonds. The van der Waals surface area contributed by atoms with E-state index in [0.29, 0.717) is 23.7 Å². The summed E-state index contributed by atoms with van der Waals surface area (Å²) in [6.07, 6.45) is 1.88. The van der Waals surface area contributed by atoms with Gasteiger partial charge in [0.15, 0.2) is 11.6 Å². The zero-order valence-electron chi connectivity index (χ0n) is 15.4. The van der Waals surface area contributed by atoms with Crippen LogP contribution in [0, 0.1) is 11.3 Å². The second kappa shape index (κ2) is 7.91. The number of ether oxygens (including phenoxy) is 1. The molecule has 8 heteroatoms. The molecule has 1 aromatic heterocycles. The van der Waals surface area contributed by atoms with E-state index in [0.717, 1.165) is 18.4 Å². The predicted octanol–water partition coefficient (Wildman–Crippen LogP) is 2.63. The SMILES string of the molecule is CCCCOc1nc(N)c2c(n1)N(C(C)c1cccc(C#N)c1)CC(=O)N2. The van der Waals surface area contributed by atoms with Gasteiger partial charge in [-0.15, -0.1) is 0 Å². The molecule has 1 unspecified atom stereocenters. The van der Waals surface area contributed by atoms with Crippen molar-refractivity contribution in [1.82, 2.24) is 9.97 Å². The lowest BCUT2D eigenvalue weighted by atomic mass is 10.0. The van der Waals surface area contributed by atoms with E-state index in [9.17, 15) is 4.79 Å². The van der Waals surface area contributed by atoms with Crippen LogP contribution in [0.4, 0.5) is 17.3 Å². The summed E-state index contributed by atoms with van der Waals surface area (Å²) in [5.41, 5.74) is 7.89. The summed E-state index contributed by atoms with van der Waals surface area (Å²) in [5, 5.41) is 11.9. The van der Waals surface area contributed by atoms with Crippen LogP contribution in [0.5, 0.6) is 6.01 Å². The first-order valence-corrected chi connectivity index (χ1v) is 8.90. The van der Waals surface area contributed by atoms with Crippen LogP contribution < -0.4 is 20.7 Å². The molecular formula is C19H22N6O2. The van der Waals surface area contributed by atoms with Gasteiger partial charge < -0.3 is 20.7 Å². The number of nitrogens with one attached hydrogen (secondary N) is 1. The molecule has 1 aliphatic heterocycles. The van der Waals surface area contributed by atoms with E-state index in [1.807, 2.05) is 24.0 Å². The highest BCUT2D eigenvalue weighted by molar-refractivity contribution is 6.03. The molecule has 1 atom stereocenters. The Morgan fingerprint density at radius 2 is 2.26 bits per heavy atom. The first-order chi connectivity index (χ1) is 13.0. The van der Waals surface area contributed by atoms with E-state index < -0.39 is 0 Å². The minimum absolute atomic E-state index is 0.121. The maximum absolute atomic E-state index is 12.2. The van der Waals surface area contributed by atoms with Crippen LogP contribution in [-0.2, 0) is 4.79 Å². The van der Waals surface area contributed by atoms with Crippen LogP contribution in [0.1, 0.15) is 43.9 Å². The van der Waals surface area contributed by atoms with Gasteiger partial charge in [-0.2, -0.15) is 15.2 Å². The lowest BCUT2D eigenvalue weighted by molar-refractivity contribution is -0.115. The minimum atomic E-state index is -0.194. The summed E-state index contributed by atoms with van der Waals surface area (Å²) in [7, 11) is 0. The average molecular weight is 366 g/mol. The molecule has 140 valence electrons. The molecule has 0 saturated heterocycles. The Labute approximate surface area is 158 Å². The molecule has 0 radical (unpaired) electrons.